The number of hydrogen-bond acceptors (Lipinski definition) is 5. The molecule has 1 aliphatic rings. The third-order valence-electron chi connectivity index (χ3n) is 2.89. The molecule has 2 aromatic heterocycles. The maximum absolute atomic E-state index is 10.6. The minimum Gasteiger partial charge on any atom is -0.481 e. The first-order valence-electron chi connectivity index (χ1n) is 5.63. The summed E-state index contributed by atoms with van der Waals surface area (Å²) in [7, 11) is 0. The van der Waals surface area contributed by atoms with Gasteiger partial charge in [0, 0.05) is 30.9 Å². The first-order valence-corrected chi connectivity index (χ1v) is 6.51. The van der Waals surface area contributed by atoms with Gasteiger partial charge in [0.15, 0.2) is 5.13 Å². The van der Waals surface area contributed by atoms with E-state index in [1.807, 2.05) is 11.6 Å². The van der Waals surface area contributed by atoms with Gasteiger partial charge in [-0.1, -0.05) is 0 Å². The number of carbonyl (C=O) groups is 1. The van der Waals surface area contributed by atoms with Gasteiger partial charge >= 0.3 is 5.97 Å². The Kier molecular flexibility index (Phi) is 2.75. The Morgan fingerprint density at radius 1 is 1.50 bits per heavy atom. The Labute approximate surface area is 108 Å². The summed E-state index contributed by atoms with van der Waals surface area (Å²) in [5, 5.41) is 11.4. The molecule has 18 heavy (non-hydrogen) atoms. The highest BCUT2D eigenvalue weighted by atomic mass is 32.1. The zero-order valence-electron chi connectivity index (χ0n) is 9.61. The van der Waals surface area contributed by atoms with Crippen molar-refractivity contribution in [1.82, 2.24) is 14.5 Å². The zero-order valence-corrected chi connectivity index (χ0v) is 10.4. The first-order chi connectivity index (χ1) is 8.72. The predicted molar refractivity (Wildman–Crippen MR) is 66.7 cm³/mol. The fraction of sp³-hybridized carbons (Fsp3) is 0.364. The van der Waals surface area contributed by atoms with Crippen LogP contribution in [0.5, 0.6) is 0 Å². The van der Waals surface area contributed by atoms with Gasteiger partial charge in [-0.05, 0) is 0 Å². The van der Waals surface area contributed by atoms with Gasteiger partial charge in [-0.25, -0.2) is 9.97 Å². The molecule has 0 aliphatic carbocycles. The van der Waals surface area contributed by atoms with E-state index in [0.717, 1.165) is 30.6 Å². The molecule has 7 heteroatoms. The van der Waals surface area contributed by atoms with Gasteiger partial charge in [0.2, 0.25) is 0 Å². The van der Waals surface area contributed by atoms with Gasteiger partial charge in [0.25, 0.3) is 0 Å². The number of anilines is 1. The van der Waals surface area contributed by atoms with Crippen LogP contribution in [0.1, 0.15) is 11.5 Å². The van der Waals surface area contributed by atoms with Crippen LogP contribution < -0.4 is 4.90 Å². The van der Waals surface area contributed by atoms with Crippen LogP contribution in [-0.2, 0) is 24.3 Å². The number of hydrogen-bond donors (Lipinski definition) is 1. The molecule has 0 spiro atoms. The minimum atomic E-state index is -0.846. The number of carboxylic acid groups (broad SMARTS) is 1. The quantitative estimate of drug-likeness (QED) is 0.895. The molecule has 0 bridgehead atoms. The van der Waals surface area contributed by atoms with Crippen molar-refractivity contribution in [2.24, 2.45) is 0 Å². The molecular formula is C11H12N4O2S. The molecule has 0 saturated heterocycles. The van der Waals surface area contributed by atoms with Crippen molar-refractivity contribution in [3.05, 3.63) is 29.3 Å². The topological polar surface area (TPSA) is 71.2 Å². The largest absolute Gasteiger partial charge is 0.481 e. The van der Waals surface area contributed by atoms with Crippen LogP contribution in [0.4, 0.5) is 5.13 Å². The number of rotatable bonds is 3. The number of aromatic nitrogens is 3. The molecule has 6 nitrogen and oxygen atoms in total. The summed E-state index contributed by atoms with van der Waals surface area (Å²) < 4.78 is 2.13. The van der Waals surface area contributed by atoms with Crippen molar-refractivity contribution >= 4 is 22.4 Å². The molecule has 3 rings (SSSR count). The van der Waals surface area contributed by atoms with Crippen molar-refractivity contribution in [1.29, 1.82) is 0 Å². The van der Waals surface area contributed by atoms with Crippen molar-refractivity contribution in [3.8, 4) is 0 Å². The van der Waals surface area contributed by atoms with E-state index in [2.05, 4.69) is 19.4 Å². The lowest BCUT2D eigenvalue weighted by Gasteiger charge is -2.27. The van der Waals surface area contributed by atoms with E-state index < -0.39 is 5.97 Å². The fourth-order valence-corrected chi connectivity index (χ4v) is 2.87. The minimum absolute atomic E-state index is 0.0149. The average molecular weight is 264 g/mol. The van der Waals surface area contributed by atoms with E-state index in [-0.39, 0.29) is 6.42 Å². The van der Waals surface area contributed by atoms with Crippen molar-refractivity contribution < 1.29 is 9.90 Å². The van der Waals surface area contributed by atoms with E-state index in [4.69, 9.17) is 5.11 Å². The summed E-state index contributed by atoms with van der Waals surface area (Å²) in [6.45, 7) is 2.50. The van der Waals surface area contributed by atoms with Gasteiger partial charge in [-0.2, -0.15) is 0 Å². The van der Waals surface area contributed by atoms with Gasteiger partial charge in [0.1, 0.15) is 5.82 Å². The Balaban J connectivity index is 1.76. The molecule has 94 valence electrons. The fourth-order valence-electron chi connectivity index (χ4n) is 2.01. The summed E-state index contributed by atoms with van der Waals surface area (Å²) in [6.07, 6.45) is 3.76. The van der Waals surface area contributed by atoms with Gasteiger partial charge < -0.3 is 14.6 Å². The van der Waals surface area contributed by atoms with Crippen molar-refractivity contribution in [3.63, 3.8) is 0 Å². The SMILES string of the molecule is O=C(O)Cc1csc(N2CCn3ccnc3C2)n1. The van der Waals surface area contributed by atoms with Crippen LogP contribution in [0.15, 0.2) is 17.8 Å². The van der Waals surface area contributed by atoms with Crippen LogP contribution in [0.3, 0.4) is 0 Å². The predicted octanol–water partition coefficient (Wildman–Crippen LogP) is 0.987. The smallest absolute Gasteiger partial charge is 0.309 e. The highest BCUT2D eigenvalue weighted by molar-refractivity contribution is 7.13. The number of carboxylic acids is 1. The Morgan fingerprint density at radius 2 is 2.39 bits per heavy atom. The molecule has 0 fully saturated rings. The van der Waals surface area contributed by atoms with Crippen molar-refractivity contribution in [2.45, 2.75) is 19.5 Å². The summed E-state index contributed by atoms with van der Waals surface area (Å²) >= 11 is 1.49. The first kappa shape index (κ1) is 11.2. The molecule has 0 radical (unpaired) electrons. The lowest BCUT2D eigenvalue weighted by atomic mass is 10.3. The summed E-state index contributed by atoms with van der Waals surface area (Å²) in [5.41, 5.74) is 0.622. The molecule has 0 aromatic carbocycles. The van der Waals surface area contributed by atoms with Crippen LogP contribution >= 0.6 is 11.3 Å². The van der Waals surface area contributed by atoms with Crippen LogP contribution in [0.2, 0.25) is 0 Å². The van der Waals surface area contributed by atoms with Crippen LogP contribution in [0, 0.1) is 0 Å². The number of fused-ring (bicyclic) bond motifs is 1. The molecule has 0 saturated carbocycles. The maximum atomic E-state index is 10.6. The Hall–Kier alpha value is -1.89. The molecule has 0 atom stereocenters. The van der Waals surface area contributed by atoms with Gasteiger partial charge in [0.05, 0.1) is 18.7 Å². The molecule has 1 aliphatic heterocycles. The Bertz CT molecular complexity index is 577. The van der Waals surface area contributed by atoms with E-state index in [9.17, 15) is 4.79 Å². The highest BCUT2D eigenvalue weighted by Crippen LogP contribution is 2.24. The van der Waals surface area contributed by atoms with Crippen molar-refractivity contribution in [2.75, 3.05) is 11.4 Å². The van der Waals surface area contributed by atoms with E-state index in [1.54, 1.807) is 6.20 Å². The summed E-state index contributed by atoms with van der Waals surface area (Å²) in [4.78, 5) is 21.4. The van der Waals surface area contributed by atoms with Gasteiger partial charge in [-0.3, -0.25) is 4.79 Å². The second-order valence-corrected chi connectivity index (χ2v) is 4.99. The van der Waals surface area contributed by atoms with Crippen LogP contribution in [0.25, 0.3) is 0 Å². The van der Waals surface area contributed by atoms with Gasteiger partial charge in [-0.15, -0.1) is 11.3 Å². The summed E-state index contributed by atoms with van der Waals surface area (Å²) in [6, 6.07) is 0. The molecule has 3 heterocycles. The standard InChI is InChI=1S/C11H12N4O2S/c16-10(17)5-8-7-18-11(13-8)15-4-3-14-2-1-12-9(14)6-15/h1-2,7H,3-6H2,(H,16,17). The third-order valence-corrected chi connectivity index (χ3v) is 3.84. The lowest BCUT2D eigenvalue weighted by molar-refractivity contribution is -0.136. The van der Waals surface area contributed by atoms with E-state index >= 15 is 0 Å². The molecule has 2 aromatic rings. The lowest BCUT2D eigenvalue weighted by Crippen LogP contribution is -2.33. The Morgan fingerprint density at radius 3 is 3.22 bits per heavy atom. The monoisotopic (exact) mass is 264 g/mol. The normalized spacial score (nSPS) is 14.6. The summed E-state index contributed by atoms with van der Waals surface area (Å²) in [5.74, 6) is 0.178. The number of aliphatic carboxylic acids is 1. The highest BCUT2D eigenvalue weighted by Gasteiger charge is 2.19. The van der Waals surface area contributed by atoms with E-state index in [0.29, 0.717) is 5.69 Å². The second kappa shape index (κ2) is 4.41. The number of imidazole rings is 1. The molecule has 1 N–H and O–H groups in total. The second-order valence-electron chi connectivity index (χ2n) is 4.15. The zero-order chi connectivity index (χ0) is 12.5. The third kappa shape index (κ3) is 2.08. The van der Waals surface area contributed by atoms with E-state index in [1.165, 1.54) is 11.3 Å². The number of nitrogens with zero attached hydrogens (tertiary/aromatic N) is 4. The maximum Gasteiger partial charge on any atom is 0.309 e. The van der Waals surface area contributed by atoms with Crippen LogP contribution in [-0.4, -0.2) is 32.2 Å². The average Bonchev–Trinajstić information content (AvgIpc) is 2.95. The molecular weight excluding hydrogens is 252 g/mol. The number of thiazole rings is 1. The molecule has 0 amide bonds. The molecule has 0 unspecified atom stereocenters.